The number of carbonyl (C=O) groups is 2. The Hall–Kier alpha value is -2.62. The second-order valence-corrected chi connectivity index (χ2v) is 11.0. The van der Waals surface area contributed by atoms with Crippen molar-refractivity contribution < 1.29 is 18.0 Å². The molecule has 1 heterocycles. The summed E-state index contributed by atoms with van der Waals surface area (Å²) in [4.78, 5) is 27.6. The van der Waals surface area contributed by atoms with Crippen molar-refractivity contribution in [2.45, 2.75) is 31.5 Å². The Morgan fingerprint density at radius 2 is 1.82 bits per heavy atom. The van der Waals surface area contributed by atoms with Crippen LogP contribution in [-0.4, -0.2) is 62.4 Å². The number of nitrogens with zero attached hydrogens (tertiary/aromatic N) is 1. The van der Waals surface area contributed by atoms with Gasteiger partial charge in [0, 0.05) is 42.6 Å². The number of urea groups is 1. The normalized spacial score (nSPS) is 17.3. The lowest BCUT2D eigenvalue weighted by Crippen LogP contribution is -2.51. The van der Waals surface area contributed by atoms with Gasteiger partial charge in [0.1, 0.15) is 15.9 Å². The highest BCUT2D eigenvalue weighted by atomic mass is 35.5. The molecule has 33 heavy (non-hydrogen) atoms. The van der Waals surface area contributed by atoms with E-state index < -0.39 is 21.9 Å². The molecule has 0 unspecified atom stereocenters. The lowest BCUT2D eigenvalue weighted by atomic mass is 10.2. The number of para-hydroxylation sites is 1. The summed E-state index contributed by atoms with van der Waals surface area (Å²) >= 11 is 5.94. The second-order valence-electron chi connectivity index (χ2n) is 8.29. The predicted molar refractivity (Wildman–Crippen MR) is 130 cm³/mol. The topological polar surface area (TPSA) is 108 Å². The van der Waals surface area contributed by atoms with E-state index in [-0.39, 0.29) is 24.1 Å². The lowest BCUT2D eigenvalue weighted by Gasteiger charge is -2.22. The molecule has 1 aliphatic rings. The van der Waals surface area contributed by atoms with E-state index in [1.807, 2.05) is 30.3 Å². The highest BCUT2D eigenvalue weighted by molar-refractivity contribution is 7.90. The number of sulfone groups is 1. The minimum absolute atomic E-state index is 0.00587. The summed E-state index contributed by atoms with van der Waals surface area (Å²) in [5.74, 6) is -0.593. The summed E-state index contributed by atoms with van der Waals surface area (Å²) in [6.07, 6.45) is 1.88. The molecule has 3 amide bonds. The molecule has 1 saturated heterocycles. The molecule has 0 spiro atoms. The summed E-state index contributed by atoms with van der Waals surface area (Å²) in [5, 5.41) is 8.93. The number of carbonyl (C=O) groups excluding carboxylic acids is 2. The van der Waals surface area contributed by atoms with E-state index in [2.05, 4.69) is 20.9 Å². The van der Waals surface area contributed by atoms with Crippen molar-refractivity contribution in [3.8, 4) is 0 Å². The van der Waals surface area contributed by atoms with Gasteiger partial charge in [0.25, 0.3) is 0 Å². The average molecular weight is 493 g/mol. The fraction of sp³-hybridized carbons (Fsp3) is 0.391. The van der Waals surface area contributed by atoms with Crippen LogP contribution in [0.5, 0.6) is 0 Å². The molecule has 0 bridgehead atoms. The molecule has 8 nitrogen and oxygen atoms in total. The molecule has 178 valence electrons. The lowest BCUT2D eigenvalue weighted by molar-refractivity contribution is -0.123. The molecule has 2 aromatic carbocycles. The van der Waals surface area contributed by atoms with E-state index in [1.54, 1.807) is 24.3 Å². The third-order valence-electron chi connectivity index (χ3n) is 5.37. The third kappa shape index (κ3) is 8.68. The second kappa shape index (κ2) is 11.5. The van der Waals surface area contributed by atoms with Crippen LogP contribution in [0.2, 0.25) is 5.02 Å². The fourth-order valence-corrected chi connectivity index (χ4v) is 4.48. The van der Waals surface area contributed by atoms with E-state index in [4.69, 9.17) is 11.6 Å². The number of amides is 3. The number of nitrogens with one attached hydrogen (secondary N) is 3. The Kier molecular flexibility index (Phi) is 8.71. The van der Waals surface area contributed by atoms with Crippen LogP contribution in [0.3, 0.4) is 0 Å². The molecule has 10 heteroatoms. The summed E-state index contributed by atoms with van der Waals surface area (Å²) in [5.41, 5.74) is 1.71. The Morgan fingerprint density at radius 1 is 1.12 bits per heavy atom. The van der Waals surface area contributed by atoms with Crippen LogP contribution < -0.4 is 16.0 Å². The van der Waals surface area contributed by atoms with Crippen molar-refractivity contribution in [1.82, 2.24) is 15.5 Å². The van der Waals surface area contributed by atoms with E-state index >= 15 is 0 Å². The van der Waals surface area contributed by atoms with Gasteiger partial charge in [0.15, 0.2) is 0 Å². The van der Waals surface area contributed by atoms with Gasteiger partial charge in [-0.15, -0.1) is 0 Å². The van der Waals surface area contributed by atoms with E-state index in [9.17, 15) is 18.0 Å². The van der Waals surface area contributed by atoms with Gasteiger partial charge >= 0.3 is 6.03 Å². The molecule has 2 atom stereocenters. The number of hydrogen-bond donors (Lipinski definition) is 3. The number of likely N-dealkylation sites (tertiary alicyclic amines) is 1. The summed E-state index contributed by atoms with van der Waals surface area (Å²) in [6.45, 7) is 2.24. The van der Waals surface area contributed by atoms with Crippen LogP contribution >= 0.6 is 11.6 Å². The number of halogens is 1. The molecule has 0 saturated carbocycles. The van der Waals surface area contributed by atoms with Gasteiger partial charge in [0.05, 0.1) is 5.75 Å². The minimum atomic E-state index is -3.29. The summed E-state index contributed by atoms with van der Waals surface area (Å²) < 4.78 is 23.3. The van der Waals surface area contributed by atoms with E-state index in [0.717, 1.165) is 31.3 Å². The molecule has 0 aliphatic carbocycles. The van der Waals surface area contributed by atoms with E-state index in [0.29, 0.717) is 17.3 Å². The van der Waals surface area contributed by atoms with Crippen LogP contribution in [0.1, 0.15) is 18.4 Å². The first-order valence-corrected chi connectivity index (χ1v) is 13.2. The van der Waals surface area contributed by atoms with Crippen molar-refractivity contribution in [1.29, 1.82) is 0 Å². The maximum Gasteiger partial charge on any atom is 0.319 e. The van der Waals surface area contributed by atoms with Gasteiger partial charge in [-0.05, 0) is 42.7 Å². The van der Waals surface area contributed by atoms with Gasteiger partial charge < -0.3 is 16.0 Å². The van der Waals surface area contributed by atoms with Crippen LogP contribution in [-0.2, 0) is 21.2 Å². The van der Waals surface area contributed by atoms with Gasteiger partial charge in [-0.1, -0.05) is 41.9 Å². The number of anilines is 1. The molecule has 2 aromatic rings. The minimum Gasteiger partial charge on any atom is -0.350 e. The zero-order chi connectivity index (χ0) is 23.8. The molecule has 3 rings (SSSR count). The van der Waals surface area contributed by atoms with Crippen molar-refractivity contribution in [2.75, 3.05) is 30.4 Å². The van der Waals surface area contributed by atoms with Crippen molar-refractivity contribution in [2.24, 2.45) is 0 Å². The monoisotopic (exact) mass is 492 g/mol. The van der Waals surface area contributed by atoms with Crippen LogP contribution in [0.15, 0.2) is 54.6 Å². The zero-order valence-electron chi connectivity index (χ0n) is 18.5. The van der Waals surface area contributed by atoms with Crippen molar-refractivity contribution >= 4 is 39.1 Å². The first-order chi connectivity index (χ1) is 15.7. The first-order valence-electron chi connectivity index (χ1n) is 10.8. The van der Waals surface area contributed by atoms with Gasteiger partial charge in [-0.3, -0.25) is 9.69 Å². The smallest absolute Gasteiger partial charge is 0.319 e. The largest absolute Gasteiger partial charge is 0.350 e. The maximum atomic E-state index is 12.9. The highest BCUT2D eigenvalue weighted by Crippen LogP contribution is 2.16. The highest BCUT2D eigenvalue weighted by Gasteiger charge is 2.28. The third-order valence-corrected chi connectivity index (χ3v) is 6.60. The Balaban J connectivity index is 1.56. The molecule has 1 aliphatic heterocycles. The Bertz CT molecular complexity index is 1050. The summed E-state index contributed by atoms with van der Waals surface area (Å²) in [7, 11) is -3.29. The quantitative estimate of drug-likeness (QED) is 0.499. The zero-order valence-corrected chi connectivity index (χ0v) is 20.0. The fourth-order valence-electron chi connectivity index (χ4n) is 3.69. The number of hydrogen-bond acceptors (Lipinski definition) is 5. The van der Waals surface area contributed by atoms with Crippen LogP contribution in [0.4, 0.5) is 10.5 Å². The molecular formula is C23H29ClN4O4S. The van der Waals surface area contributed by atoms with Crippen LogP contribution in [0.25, 0.3) is 0 Å². The number of benzene rings is 2. The Morgan fingerprint density at radius 3 is 2.48 bits per heavy atom. The predicted octanol–water partition coefficient (Wildman–Crippen LogP) is 2.66. The van der Waals surface area contributed by atoms with Gasteiger partial charge in [-0.2, -0.15) is 0 Å². The molecular weight excluding hydrogens is 464 g/mol. The standard InChI is InChI=1S/C23H29ClN4O4S/c1-33(31,32)14-12-21(27-23(30)26-19-5-3-2-4-6-19)22(29)25-20-11-13-28(16-20)15-17-7-9-18(24)10-8-17/h2-10,20-21H,11-16H2,1H3,(H,25,29)(H2,26,27,30)/t20-,21-/m0/s1. The SMILES string of the molecule is CS(=O)(=O)CC[C@H](NC(=O)Nc1ccccc1)C(=O)N[C@H]1CCN(Cc2ccc(Cl)cc2)C1. The molecule has 1 fully saturated rings. The number of rotatable bonds is 9. The average Bonchev–Trinajstić information content (AvgIpc) is 3.19. The molecule has 0 aromatic heterocycles. The maximum absolute atomic E-state index is 12.9. The Labute approximate surface area is 199 Å². The first kappa shape index (κ1) is 25.0. The molecule has 3 N–H and O–H groups in total. The van der Waals surface area contributed by atoms with Crippen molar-refractivity contribution in [3.63, 3.8) is 0 Å². The van der Waals surface area contributed by atoms with Crippen molar-refractivity contribution in [3.05, 3.63) is 65.2 Å². The van der Waals surface area contributed by atoms with Crippen LogP contribution in [0, 0.1) is 0 Å². The van der Waals surface area contributed by atoms with E-state index in [1.165, 1.54) is 0 Å². The summed E-state index contributed by atoms with van der Waals surface area (Å²) in [6, 6.07) is 14.9. The molecule has 0 radical (unpaired) electrons. The van der Waals surface area contributed by atoms with Gasteiger partial charge in [0.2, 0.25) is 5.91 Å². The van der Waals surface area contributed by atoms with Gasteiger partial charge in [-0.25, -0.2) is 13.2 Å².